The molecule has 45 heavy (non-hydrogen) atoms. The van der Waals surface area contributed by atoms with Gasteiger partial charge in [-0.2, -0.15) is 17.6 Å². The van der Waals surface area contributed by atoms with E-state index in [1.165, 1.54) is 0 Å². The lowest BCUT2D eigenvalue weighted by atomic mass is 10.1. The maximum Gasteiger partial charge on any atom is 0.658 e. The third-order valence-corrected chi connectivity index (χ3v) is 5.39. The Morgan fingerprint density at radius 1 is 0.378 bits per heavy atom. The largest absolute Gasteiger partial charge is 0.658 e. The van der Waals surface area contributed by atoms with E-state index in [1.807, 2.05) is 0 Å². The molecule has 19 heteroatoms. The van der Waals surface area contributed by atoms with Crippen molar-refractivity contribution in [1.82, 2.24) is 0 Å². The second-order valence-electron chi connectivity index (χ2n) is 8.50. The summed E-state index contributed by atoms with van der Waals surface area (Å²) in [6.07, 6.45) is -9.85. The topological polar surface area (TPSA) is 36.9 Å². The Balaban J connectivity index is 1.45. The van der Waals surface area contributed by atoms with Crippen LogP contribution in [0.1, 0.15) is 11.1 Å². The number of ether oxygens (including phenoxy) is 2. The lowest BCUT2D eigenvalue weighted by Crippen LogP contribution is -2.26. The summed E-state index contributed by atoms with van der Waals surface area (Å²) in [6, 6.07) is 0.376. The molecule has 0 unspecified atom stereocenters. The molecule has 0 aliphatic carbocycles. The first-order valence-electron chi connectivity index (χ1n) is 11.5. The fraction of sp³-hybridized carbons (Fsp3) is 0.0769. The van der Waals surface area contributed by atoms with E-state index in [1.54, 1.807) is 0 Å². The minimum absolute atomic E-state index is 0.0217. The van der Waals surface area contributed by atoms with Crippen molar-refractivity contribution in [2.45, 2.75) is 12.2 Å². The van der Waals surface area contributed by atoms with Gasteiger partial charge >= 0.3 is 19.9 Å². The number of rotatable bonds is 10. The molecule has 4 aromatic rings. The van der Waals surface area contributed by atoms with E-state index >= 15 is 0 Å². The molecular formula is C26H8BF14O4. The van der Waals surface area contributed by atoms with Gasteiger partial charge in [-0.15, -0.1) is 0 Å². The van der Waals surface area contributed by atoms with Crippen LogP contribution in [0.3, 0.4) is 0 Å². The molecule has 0 aromatic heterocycles. The number of hydrogen-bond donors (Lipinski definition) is 0. The molecule has 0 N–H and O–H groups in total. The summed E-state index contributed by atoms with van der Waals surface area (Å²) < 4.78 is 211. The van der Waals surface area contributed by atoms with Crippen molar-refractivity contribution in [3.05, 3.63) is 118 Å². The minimum Gasteiger partial charge on any atom is -0.526 e. The van der Waals surface area contributed by atoms with Crippen LogP contribution in [0.5, 0.6) is 23.0 Å². The third-order valence-electron chi connectivity index (χ3n) is 5.39. The van der Waals surface area contributed by atoms with Gasteiger partial charge < -0.3 is 18.8 Å². The highest BCUT2D eigenvalue weighted by molar-refractivity contribution is 6.20. The maximum absolute atomic E-state index is 14.4. The predicted molar refractivity (Wildman–Crippen MR) is 121 cm³/mol. The lowest BCUT2D eigenvalue weighted by Gasteiger charge is -2.20. The van der Waals surface area contributed by atoms with Crippen molar-refractivity contribution in [3.63, 3.8) is 0 Å². The van der Waals surface area contributed by atoms with Crippen LogP contribution in [0.25, 0.3) is 0 Å². The van der Waals surface area contributed by atoms with Crippen molar-refractivity contribution in [1.29, 1.82) is 0 Å². The predicted octanol–water partition coefficient (Wildman–Crippen LogP) is 8.33. The van der Waals surface area contributed by atoms with E-state index in [9.17, 15) is 61.5 Å². The van der Waals surface area contributed by atoms with Crippen LogP contribution >= 0.6 is 0 Å². The van der Waals surface area contributed by atoms with Crippen LogP contribution in [0.2, 0.25) is 0 Å². The molecule has 4 aromatic carbocycles. The lowest BCUT2D eigenvalue weighted by molar-refractivity contribution is -0.190. The summed E-state index contributed by atoms with van der Waals surface area (Å²) in [7, 11) is 0.124. The summed E-state index contributed by atoms with van der Waals surface area (Å²) in [4.78, 5) is 0. The second kappa shape index (κ2) is 12.3. The molecule has 0 fully saturated rings. The van der Waals surface area contributed by atoms with Crippen LogP contribution in [-0.2, 0) is 12.2 Å². The molecule has 4 nitrogen and oxygen atoms in total. The van der Waals surface area contributed by atoms with E-state index < -0.39 is 105 Å². The highest BCUT2D eigenvalue weighted by Gasteiger charge is 2.43. The van der Waals surface area contributed by atoms with Crippen molar-refractivity contribution in [2.75, 3.05) is 0 Å². The first-order valence-corrected chi connectivity index (χ1v) is 11.5. The first-order chi connectivity index (χ1) is 20.9. The molecule has 1 radical (unpaired) electrons. The zero-order valence-corrected chi connectivity index (χ0v) is 21.1. The van der Waals surface area contributed by atoms with Crippen LogP contribution in [0, 0.1) is 58.2 Å². The zero-order valence-electron chi connectivity index (χ0n) is 21.1. The van der Waals surface area contributed by atoms with Gasteiger partial charge in [-0.3, -0.25) is 0 Å². The van der Waals surface area contributed by atoms with E-state index in [-0.39, 0.29) is 56.2 Å². The Morgan fingerprint density at radius 2 is 0.622 bits per heavy atom. The van der Waals surface area contributed by atoms with Crippen molar-refractivity contribution < 1.29 is 80.2 Å². The average Bonchev–Trinajstić information content (AvgIpc) is 2.88. The van der Waals surface area contributed by atoms with Crippen LogP contribution in [-0.4, -0.2) is 7.69 Å². The molecule has 0 saturated heterocycles. The van der Waals surface area contributed by atoms with Gasteiger partial charge in [-0.1, -0.05) is 0 Å². The normalized spacial score (nSPS) is 11.8. The van der Waals surface area contributed by atoms with E-state index in [0.29, 0.717) is 0 Å². The molecule has 0 saturated carbocycles. The van der Waals surface area contributed by atoms with Gasteiger partial charge in [0, 0.05) is 48.5 Å². The Bertz CT molecular complexity index is 1550. The molecule has 0 bridgehead atoms. The zero-order chi connectivity index (χ0) is 33.4. The van der Waals surface area contributed by atoms with Gasteiger partial charge in [0.15, 0.2) is 34.9 Å². The third kappa shape index (κ3) is 7.12. The van der Waals surface area contributed by atoms with Gasteiger partial charge in [0.1, 0.15) is 57.4 Å². The van der Waals surface area contributed by atoms with Gasteiger partial charge in [0.05, 0.1) is 0 Å². The Labute approximate surface area is 241 Å². The van der Waals surface area contributed by atoms with Crippen molar-refractivity contribution in [2.24, 2.45) is 0 Å². The fourth-order valence-corrected chi connectivity index (χ4v) is 3.51. The summed E-state index contributed by atoms with van der Waals surface area (Å²) in [6.45, 7) is 0. The maximum atomic E-state index is 14.4. The van der Waals surface area contributed by atoms with Crippen molar-refractivity contribution >= 4 is 7.69 Å². The highest BCUT2D eigenvalue weighted by Crippen LogP contribution is 2.39. The van der Waals surface area contributed by atoms with Gasteiger partial charge in [0.25, 0.3) is 0 Å². The first kappa shape index (κ1) is 33.1. The molecule has 0 spiro atoms. The molecule has 0 atom stereocenters. The highest BCUT2D eigenvalue weighted by atomic mass is 19.3. The molecule has 4 rings (SSSR count). The van der Waals surface area contributed by atoms with Gasteiger partial charge in [0.2, 0.25) is 0 Å². The molecule has 0 amide bonds. The number of hydrogen-bond acceptors (Lipinski definition) is 4. The number of alkyl halides is 4. The Morgan fingerprint density at radius 3 is 0.889 bits per heavy atom. The van der Waals surface area contributed by atoms with Crippen LogP contribution in [0.15, 0.2) is 48.5 Å². The minimum atomic E-state index is -4.93. The molecule has 0 aliphatic heterocycles. The molecule has 237 valence electrons. The quantitative estimate of drug-likeness (QED) is 0.0974. The van der Waals surface area contributed by atoms with Crippen LogP contribution < -0.4 is 18.8 Å². The fourth-order valence-electron chi connectivity index (χ4n) is 3.51. The molecular weight excluding hydrogens is 653 g/mol. The van der Waals surface area contributed by atoms with E-state index in [2.05, 4.69) is 18.8 Å². The Hall–Kier alpha value is -4.84. The number of benzene rings is 4. The van der Waals surface area contributed by atoms with E-state index in [4.69, 9.17) is 0 Å². The summed E-state index contributed by atoms with van der Waals surface area (Å²) >= 11 is 0. The van der Waals surface area contributed by atoms with Crippen LogP contribution in [0.4, 0.5) is 61.5 Å². The smallest absolute Gasteiger partial charge is 0.526 e. The summed E-state index contributed by atoms with van der Waals surface area (Å²) in [5.74, 6) is -24.6. The Kier molecular flexibility index (Phi) is 9.02. The van der Waals surface area contributed by atoms with Gasteiger partial charge in [-0.05, 0) is 0 Å². The van der Waals surface area contributed by atoms with Crippen molar-refractivity contribution in [3.8, 4) is 23.0 Å². The molecule has 0 heterocycles. The SMILES string of the molecule is Fc1cc(OC(F)(F)c2c(F)cc(O[B]Oc3cc(F)c(C(F)(F)Oc4cc(F)c(F)c(F)c4)c(F)c3)cc2F)cc(F)c1F. The monoisotopic (exact) mass is 661 g/mol. The summed E-state index contributed by atoms with van der Waals surface area (Å²) in [5.41, 5.74) is -4.18. The molecule has 0 aliphatic rings. The van der Waals surface area contributed by atoms with E-state index in [0.717, 1.165) is 0 Å². The number of halogens is 14. The second-order valence-corrected chi connectivity index (χ2v) is 8.50. The standard InChI is InChI=1S/C26H8BF14O4/c28-13-5-11(6-14(29)21(13)25(38,39)42-9-1-17(32)23(36)18(33)2-9)44-27-45-12-7-15(30)22(16(31)8-12)26(40,41)43-10-3-19(34)24(37)20(35)4-10/h1-8H. The summed E-state index contributed by atoms with van der Waals surface area (Å²) in [5, 5.41) is 0. The van der Waals surface area contributed by atoms with Gasteiger partial charge in [-0.25, -0.2) is 43.9 Å². The average molecular weight is 661 g/mol.